The van der Waals surface area contributed by atoms with Gasteiger partial charge in [-0.1, -0.05) is 0 Å². The molecule has 0 saturated carbocycles. The van der Waals surface area contributed by atoms with Crippen LogP contribution in [0.3, 0.4) is 0 Å². The molecule has 1 unspecified atom stereocenters. The van der Waals surface area contributed by atoms with Crippen LogP contribution in [0.1, 0.15) is 18.4 Å². The second-order valence-corrected chi connectivity index (χ2v) is 8.17. The molecular weight excluding hydrogens is 384 g/mol. The summed E-state index contributed by atoms with van der Waals surface area (Å²) >= 11 is 0. The number of rotatable bonds is 4. The van der Waals surface area contributed by atoms with Crippen molar-refractivity contribution in [3.05, 3.63) is 30.1 Å². The third-order valence-electron chi connectivity index (χ3n) is 6.31. The Morgan fingerprint density at radius 1 is 1.30 bits per heavy atom. The smallest absolute Gasteiger partial charge is 0.167 e. The summed E-state index contributed by atoms with van der Waals surface area (Å²) < 4.78 is 7.39. The molecule has 3 aromatic heterocycles. The highest BCUT2D eigenvalue weighted by Gasteiger charge is 2.36. The number of aromatic amines is 1. The van der Waals surface area contributed by atoms with Crippen LogP contribution in [0.2, 0.25) is 0 Å². The van der Waals surface area contributed by atoms with Crippen LogP contribution in [0.15, 0.2) is 24.5 Å². The van der Waals surface area contributed by atoms with Crippen molar-refractivity contribution in [1.82, 2.24) is 35.2 Å². The van der Waals surface area contributed by atoms with Crippen LogP contribution in [0.25, 0.3) is 16.9 Å². The van der Waals surface area contributed by atoms with Crippen LogP contribution in [-0.4, -0.2) is 88.1 Å². The van der Waals surface area contributed by atoms with Crippen LogP contribution >= 0.6 is 0 Å². The predicted molar refractivity (Wildman–Crippen MR) is 113 cm³/mol. The zero-order valence-electron chi connectivity index (χ0n) is 17.4. The van der Waals surface area contributed by atoms with E-state index >= 15 is 0 Å². The van der Waals surface area contributed by atoms with Gasteiger partial charge >= 0.3 is 0 Å². The molecule has 3 aromatic rings. The Morgan fingerprint density at radius 2 is 2.13 bits per heavy atom. The monoisotopic (exact) mass is 412 g/mol. The van der Waals surface area contributed by atoms with Gasteiger partial charge in [0.25, 0.3) is 0 Å². The van der Waals surface area contributed by atoms with Crippen molar-refractivity contribution >= 4 is 16.9 Å². The largest absolute Gasteiger partial charge is 0.385 e. The predicted octanol–water partition coefficient (Wildman–Crippen LogP) is 0.439. The van der Waals surface area contributed by atoms with Crippen LogP contribution < -0.4 is 10.2 Å². The van der Waals surface area contributed by atoms with Crippen LogP contribution in [0.4, 0.5) is 5.82 Å². The summed E-state index contributed by atoms with van der Waals surface area (Å²) in [6.45, 7) is 3.65. The lowest BCUT2D eigenvalue weighted by molar-refractivity contribution is -0.0191. The van der Waals surface area contributed by atoms with Gasteiger partial charge in [-0.25, -0.2) is 4.98 Å². The van der Waals surface area contributed by atoms with Gasteiger partial charge in [-0.2, -0.15) is 14.9 Å². The van der Waals surface area contributed by atoms with Crippen LogP contribution in [0.5, 0.6) is 0 Å². The summed E-state index contributed by atoms with van der Waals surface area (Å²) in [7, 11) is 4.01. The summed E-state index contributed by atoms with van der Waals surface area (Å²) in [5, 5.41) is 27.4. The minimum atomic E-state index is -0.911. The highest BCUT2D eigenvalue weighted by atomic mass is 16.5. The summed E-state index contributed by atoms with van der Waals surface area (Å²) in [4.78, 5) is 9.43. The molecule has 160 valence electrons. The maximum atomic E-state index is 11.7. The quantitative estimate of drug-likeness (QED) is 0.567. The highest BCUT2D eigenvalue weighted by Crippen LogP contribution is 2.38. The van der Waals surface area contributed by atoms with Crippen LogP contribution in [0, 0.1) is 0 Å². The van der Waals surface area contributed by atoms with E-state index in [9.17, 15) is 5.11 Å². The van der Waals surface area contributed by atoms with Crippen molar-refractivity contribution in [3.63, 3.8) is 0 Å². The molecule has 1 atom stereocenters. The van der Waals surface area contributed by atoms with E-state index in [1.165, 1.54) is 0 Å². The average molecular weight is 412 g/mol. The number of likely N-dealkylation sites (tertiary alicyclic amines) is 1. The molecule has 0 aliphatic carbocycles. The topological polar surface area (TPSA) is 107 Å². The van der Waals surface area contributed by atoms with Crippen molar-refractivity contribution in [2.24, 2.45) is 0 Å². The third kappa shape index (κ3) is 3.25. The van der Waals surface area contributed by atoms with Gasteiger partial charge in [0.1, 0.15) is 12.0 Å². The lowest BCUT2D eigenvalue weighted by Crippen LogP contribution is -2.53. The Kier molecular flexibility index (Phi) is 4.94. The number of morpholine rings is 1. The summed E-state index contributed by atoms with van der Waals surface area (Å²) in [6, 6.07) is 3.90. The number of ether oxygens (including phenoxy) is 1. The van der Waals surface area contributed by atoms with Gasteiger partial charge in [0.15, 0.2) is 11.5 Å². The lowest BCUT2D eigenvalue weighted by atomic mass is 9.83. The lowest BCUT2D eigenvalue weighted by Gasteiger charge is -2.39. The van der Waals surface area contributed by atoms with Crippen molar-refractivity contribution in [2.45, 2.75) is 24.6 Å². The fourth-order valence-corrected chi connectivity index (χ4v) is 4.44. The molecule has 30 heavy (non-hydrogen) atoms. The molecular formula is C20H28N8O2. The van der Waals surface area contributed by atoms with Gasteiger partial charge in [0.05, 0.1) is 31.2 Å². The Balaban J connectivity index is 1.68. The fourth-order valence-electron chi connectivity index (χ4n) is 4.44. The maximum absolute atomic E-state index is 11.7. The normalized spacial score (nSPS) is 22.6. The first-order valence-corrected chi connectivity index (χ1v) is 10.4. The van der Waals surface area contributed by atoms with Gasteiger partial charge in [0, 0.05) is 31.1 Å². The van der Waals surface area contributed by atoms with Gasteiger partial charge in [-0.05, 0) is 38.6 Å². The number of hydrogen-bond acceptors (Lipinski definition) is 8. The molecule has 2 fully saturated rings. The fraction of sp³-hybridized carbons (Fsp3) is 0.550. The number of nitrogens with one attached hydrogen (secondary N) is 2. The summed E-state index contributed by atoms with van der Waals surface area (Å²) in [6.07, 6.45) is 4.86. The number of piperidine rings is 1. The SMILES string of the molecule is CNC1COCCN1c1cc(C2(O)CCN(C)CC2)c2cnn(-c3ccn[nH]3)c2n1. The molecule has 2 saturated heterocycles. The van der Waals surface area contributed by atoms with E-state index in [1.807, 2.05) is 19.2 Å². The van der Waals surface area contributed by atoms with E-state index in [1.54, 1.807) is 17.1 Å². The highest BCUT2D eigenvalue weighted by molar-refractivity contribution is 5.83. The van der Waals surface area contributed by atoms with E-state index in [-0.39, 0.29) is 6.17 Å². The maximum Gasteiger partial charge on any atom is 0.167 e. The molecule has 10 heteroatoms. The molecule has 0 radical (unpaired) electrons. The standard InChI is InChI=1S/C20H28N8O2/c1-21-18-13-30-10-9-27(18)17-11-15(20(29)4-7-26(2)8-5-20)14-12-23-28(19(14)24-17)16-3-6-22-25-16/h3,6,11-12,18,21,29H,4-5,7-10,13H2,1-2H3,(H,22,25). The second-order valence-electron chi connectivity index (χ2n) is 8.17. The molecule has 0 amide bonds. The van der Waals surface area contributed by atoms with E-state index in [4.69, 9.17) is 9.72 Å². The first-order chi connectivity index (χ1) is 14.6. The molecule has 0 aromatic carbocycles. The van der Waals surface area contributed by atoms with Crippen molar-refractivity contribution in [2.75, 3.05) is 51.8 Å². The molecule has 0 bridgehead atoms. The number of aromatic nitrogens is 5. The number of fused-ring (bicyclic) bond motifs is 1. The van der Waals surface area contributed by atoms with Gasteiger partial charge < -0.3 is 19.6 Å². The average Bonchev–Trinajstić information content (AvgIpc) is 3.44. The number of nitrogens with zero attached hydrogens (tertiary/aromatic N) is 6. The Hall–Kier alpha value is -2.53. The number of aliphatic hydroxyl groups is 1. The summed E-state index contributed by atoms with van der Waals surface area (Å²) in [5.41, 5.74) is 0.689. The Bertz CT molecular complexity index is 1010. The van der Waals surface area contributed by atoms with E-state index in [0.717, 1.165) is 42.2 Å². The number of anilines is 1. The zero-order chi connectivity index (χ0) is 20.7. The zero-order valence-corrected chi connectivity index (χ0v) is 17.4. The molecule has 5 rings (SSSR count). The van der Waals surface area contributed by atoms with Crippen molar-refractivity contribution in [1.29, 1.82) is 0 Å². The van der Waals surface area contributed by atoms with Gasteiger partial charge in [0.2, 0.25) is 0 Å². The minimum Gasteiger partial charge on any atom is -0.385 e. The number of likely N-dealkylation sites (N-methyl/N-ethyl adjacent to an activating group) is 1. The van der Waals surface area contributed by atoms with Crippen LogP contribution in [-0.2, 0) is 10.3 Å². The van der Waals surface area contributed by atoms with E-state index in [2.05, 4.69) is 37.5 Å². The summed E-state index contributed by atoms with van der Waals surface area (Å²) in [5.74, 6) is 1.55. The van der Waals surface area contributed by atoms with Crippen molar-refractivity contribution in [3.8, 4) is 5.82 Å². The molecule has 3 N–H and O–H groups in total. The molecule has 0 spiro atoms. The number of hydrogen-bond donors (Lipinski definition) is 3. The Labute approximate surface area is 174 Å². The van der Waals surface area contributed by atoms with E-state index < -0.39 is 5.60 Å². The second kappa shape index (κ2) is 7.62. The first kappa shape index (κ1) is 19.4. The molecule has 10 nitrogen and oxygen atoms in total. The first-order valence-electron chi connectivity index (χ1n) is 10.4. The molecule has 5 heterocycles. The van der Waals surface area contributed by atoms with Gasteiger partial charge in [-0.3, -0.25) is 10.4 Å². The minimum absolute atomic E-state index is 0.0206. The number of H-pyrrole nitrogens is 1. The molecule has 2 aliphatic rings. The van der Waals surface area contributed by atoms with Crippen molar-refractivity contribution < 1.29 is 9.84 Å². The Morgan fingerprint density at radius 3 is 2.87 bits per heavy atom. The number of pyridine rings is 1. The van der Waals surface area contributed by atoms with E-state index in [0.29, 0.717) is 31.7 Å². The molecule has 2 aliphatic heterocycles. The third-order valence-corrected chi connectivity index (χ3v) is 6.31. The van der Waals surface area contributed by atoms with Gasteiger partial charge in [-0.15, -0.1) is 0 Å².